The molecule has 0 aliphatic carbocycles. The smallest absolute Gasteiger partial charge is 0.303 e. The number of hydrogen-bond acceptors (Lipinski definition) is 3. The van der Waals surface area contributed by atoms with Crippen LogP contribution in [0, 0.1) is 0 Å². The summed E-state index contributed by atoms with van der Waals surface area (Å²) in [7, 11) is 0. The van der Waals surface area contributed by atoms with E-state index in [0.29, 0.717) is 6.42 Å². The molecule has 21 heavy (non-hydrogen) atoms. The molecule has 0 bridgehead atoms. The molecule has 2 aromatic heterocycles. The minimum absolute atomic E-state index is 0.0320. The summed E-state index contributed by atoms with van der Waals surface area (Å²) in [6.45, 7) is 3.65. The number of aromatic nitrogens is 2. The van der Waals surface area contributed by atoms with Gasteiger partial charge in [-0.2, -0.15) is 0 Å². The predicted molar refractivity (Wildman–Crippen MR) is 78.9 cm³/mol. The van der Waals surface area contributed by atoms with Crippen LogP contribution in [0.1, 0.15) is 32.3 Å². The molecule has 3 N–H and O–H groups in total. The normalized spacial score (nSPS) is 11.5. The fourth-order valence-electron chi connectivity index (χ4n) is 2.24. The van der Waals surface area contributed by atoms with E-state index in [2.05, 4.69) is 15.3 Å². The monoisotopic (exact) mass is 289 g/mol. The fourth-order valence-corrected chi connectivity index (χ4v) is 2.24. The molecule has 0 saturated heterocycles. The summed E-state index contributed by atoms with van der Waals surface area (Å²) in [5.74, 6) is -0.991. The molecule has 0 saturated carbocycles. The van der Waals surface area contributed by atoms with Gasteiger partial charge in [0.1, 0.15) is 5.65 Å². The van der Waals surface area contributed by atoms with Crippen molar-refractivity contribution >= 4 is 22.9 Å². The number of nitrogens with zero attached hydrogens (tertiary/aromatic N) is 1. The molecule has 0 aliphatic rings. The van der Waals surface area contributed by atoms with Gasteiger partial charge in [-0.1, -0.05) is 0 Å². The molecule has 6 heteroatoms. The van der Waals surface area contributed by atoms with Gasteiger partial charge >= 0.3 is 5.97 Å². The van der Waals surface area contributed by atoms with E-state index in [1.165, 1.54) is 0 Å². The standard InChI is InChI=1S/C15H19N3O3/c1-15(2,6-5-13(20)21)18-12(19)8-10-9-17-14-11(10)4-3-7-16-14/h3-4,7,9H,5-6,8H2,1-2H3,(H,16,17)(H,18,19)(H,20,21). The third-order valence-electron chi connectivity index (χ3n) is 3.33. The number of carboxylic acid groups (broad SMARTS) is 1. The van der Waals surface area contributed by atoms with Crippen LogP contribution in [-0.2, 0) is 16.0 Å². The summed E-state index contributed by atoms with van der Waals surface area (Å²) in [4.78, 5) is 29.9. The van der Waals surface area contributed by atoms with E-state index in [4.69, 9.17) is 5.11 Å². The second-order valence-corrected chi connectivity index (χ2v) is 5.72. The lowest BCUT2D eigenvalue weighted by molar-refractivity contribution is -0.137. The maximum Gasteiger partial charge on any atom is 0.303 e. The molecule has 6 nitrogen and oxygen atoms in total. The Hall–Kier alpha value is -2.37. The van der Waals surface area contributed by atoms with E-state index in [1.807, 2.05) is 26.0 Å². The first-order chi connectivity index (χ1) is 9.87. The second kappa shape index (κ2) is 5.95. The molecular formula is C15H19N3O3. The number of hydrogen-bond donors (Lipinski definition) is 3. The van der Waals surface area contributed by atoms with Crippen molar-refractivity contribution in [1.29, 1.82) is 0 Å². The number of fused-ring (bicyclic) bond motifs is 1. The number of carbonyl (C=O) groups is 2. The van der Waals surface area contributed by atoms with Gasteiger partial charge < -0.3 is 15.4 Å². The lowest BCUT2D eigenvalue weighted by atomic mass is 9.98. The number of rotatable bonds is 6. The highest BCUT2D eigenvalue weighted by Gasteiger charge is 2.22. The zero-order chi connectivity index (χ0) is 15.5. The van der Waals surface area contributed by atoms with Gasteiger partial charge in [0.05, 0.1) is 6.42 Å². The van der Waals surface area contributed by atoms with Crippen molar-refractivity contribution in [3.05, 3.63) is 30.1 Å². The fraction of sp³-hybridized carbons (Fsp3) is 0.400. The van der Waals surface area contributed by atoms with Gasteiger partial charge in [-0.3, -0.25) is 9.59 Å². The summed E-state index contributed by atoms with van der Waals surface area (Å²) < 4.78 is 0. The van der Waals surface area contributed by atoms with Crippen molar-refractivity contribution in [2.24, 2.45) is 0 Å². The summed E-state index contributed by atoms with van der Waals surface area (Å²) in [5, 5.41) is 12.5. The van der Waals surface area contributed by atoms with Crippen LogP contribution in [0.3, 0.4) is 0 Å². The van der Waals surface area contributed by atoms with E-state index in [0.717, 1.165) is 16.6 Å². The number of aliphatic carboxylic acids is 1. The molecule has 112 valence electrons. The number of aromatic amines is 1. The summed E-state index contributed by atoms with van der Waals surface area (Å²) in [5.41, 5.74) is 1.09. The topological polar surface area (TPSA) is 95.1 Å². The summed E-state index contributed by atoms with van der Waals surface area (Å²) >= 11 is 0. The Morgan fingerprint density at radius 3 is 2.90 bits per heavy atom. The molecule has 2 heterocycles. The Morgan fingerprint density at radius 1 is 1.43 bits per heavy atom. The molecule has 0 radical (unpaired) electrons. The number of pyridine rings is 1. The average molecular weight is 289 g/mol. The highest BCUT2D eigenvalue weighted by molar-refractivity contribution is 5.87. The van der Waals surface area contributed by atoms with E-state index in [9.17, 15) is 9.59 Å². The Morgan fingerprint density at radius 2 is 2.19 bits per heavy atom. The minimum Gasteiger partial charge on any atom is -0.481 e. The molecule has 2 aromatic rings. The van der Waals surface area contributed by atoms with Gasteiger partial charge in [-0.25, -0.2) is 4.98 Å². The highest BCUT2D eigenvalue weighted by Crippen LogP contribution is 2.17. The quantitative estimate of drug-likeness (QED) is 0.756. The van der Waals surface area contributed by atoms with Crippen LogP contribution in [0.15, 0.2) is 24.5 Å². The van der Waals surface area contributed by atoms with Gasteiger partial charge in [-0.15, -0.1) is 0 Å². The Bertz CT molecular complexity index is 661. The van der Waals surface area contributed by atoms with Gasteiger partial charge in [0.25, 0.3) is 0 Å². The Kier molecular flexibility index (Phi) is 4.26. The third-order valence-corrected chi connectivity index (χ3v) is 3.33. The Balaban J connectivity index is 2.00. The molecule has 0 fully saturated rings. The third kappa shape index (κ3) is 4.05. The predicted octanol–water partition coefficient (Wildman–Crippen LogP) is 1.86. The van der Waals surface area contributed by atoms with Crippen LogP contribution in [0.25, 0.3) is 11.0 Å². The Labute approximate surface area is 122 Å². The first-order valence-electron chi connectivity index (χ1n) is 6.81. The van der Waals surface area contributed by atoms with Crippen molar-refractivity contribution < 1.29 is 14.7 Å². The highest BCUT2D eigenvalue weighted by atomic mass is 16.4. The number of carbonyl (C=O) groups excluding carboxylic acids is 1. The van der Waals surface area contributed by atoms with Gasteiger partial charge in [0, 0.05) is 29.7 Å². The molecule has 1 amide bonds. The molecule has 0 spiro atoms. The largest absolute Gasteiger partial charge is 0.481 e. The van der Waals surface area contributed by atoms with Crippen LogP contribution in [-0.4, -0.2) is 32.5 Å². The van der Waals surface area contributed by atoms with Crippen molar-refractivity contribution in [1.82, 2.24) is 15.3 Å². The number of amides is 1. The van der Waals surface area contributed by atoms with E-state index < -0.39 is 11.5 Å². The van der Waals surface area contributed by atoms with Crippen LogP contribution in [0.5, 0.6) is 0 Å². The maximum atomic E-state index is 12.1. The van der Waals surface area contributed by atoms with E-state index in [1.54, 1.807) is 12.4 Å². The SMILES string of the molecule is CC(C)(CCC(=O)O)NC(=O)Cc1c[nH]c2ncccc12. The van der Waals surface area contributed by atoms with Gasteiger partial charge in [0.15, 0.2) is 0 Å². The number of carboxylic acids is 1. The number of nitrogens with one attached hydrogen (secondary N) is 2. The minimum atomic E-state index is -0.861. The van der Waals surface area contributed by atoms with Crippen molar-refractivity contribution in [2.75, 3.05) is 0 Å². The van der Waals surface area contributed by atoms with E-state index in [-0.39, 0.29) is 18.7 Å². The molecule has 2 rings (SSSR count). The van der Waals surface area contributed by atoms with Gasteiger partial charge in [-0.05, 0) is 38.0 Å². The van der Waals surface area contributed by atoms with Gasteiger partial charge in [0.2, 0.25) is 5.91 Å². The van der Waals surface area contributed by atoms with Crippen LogP contribution in [0.2, 0.25) is 0 Å². The van der Waals surface area contributed by atoms with Crippen molar-refractivity contribution in [2.45, 2.75) is 38.6 Å². The van der Waals surface area contributed by atoms with Crippen molar-refractivity contribution in [3.8, 4) is 0 Å². The van der Waals surface area contributed by atoms with Crippen LogP contribution < -0.4 is 5.32 Å². The summed E-state index contributed by atoms with van der Waals surface area (Å²) in [6.07, 6.45) is 4.13. The molecular weight excluding hydrogens is 270 g/mol. The zero-order valence-electron chi connectivity index (χ0n) is 12.1. The summed E-state index contributed by atoms with van der Waals surface area (Å²) in [6, 6.07) is 3.74. The molecule has 0 unspecified atom stereocenters. The van der Waals surface area contributed by atoms with E-state index >= 15 is 0 Å². The lowest BCUT2D eigenvalue weighted by Crippen LogP contribution is -2.44. The zero-order valence-corrected chi connectivity index (χ0v) is 12.1. The number of H-pyrrole nitrogens is 1. The average Bonchev–Trinajstić information content (AvgIpc) is 2.79. The molecule has 0 atom stereocenters. The van der Waals surface area contributed by atoms with Crippen LogP contribution >= 0.6 is 0 Å². The first-order valence-corrected chi connectivity index (χ1v) is 6.81. The van der Waals surface area contributed by atoms with Crippen molar-refractivity contribution in [3.63, 3.8) is 0 Å². The molecule has 0 aliphatic heterocycles. The second-order valence-electron chi connectivity index (χ2n) is 5.72. The first kappa shape index (κ1) is 15.0. The van der Waals surface area contributed by atoms with Crippen LogP contribution in [0.4, 0.5) is 0 Å². The lowest BCUT2D eigenvalue weighted by Gasteiger charge is -2.25. The maximum absolute atomic E-state index is 12.1. The molecule has 0 aromatic carbocycles.